The topological polar surface area (TPSA) is 29.1 Å². The minimum atomic E-state index is -1.14. The largest absolute Gasteiger partial charge is 0.341 e. The second-order valence-electron chi connectivity index (χ2n) is 5.61. The maximum absolute atomic E-state index is 13.5. The molecule has 1 N–H and O–H groups in total. The molecule has 0 aliphatic rings. The average Bonchev–Trinajstić information content (AvgIpc) is 2.64. The molecule has 0 saturated heterocycles. The van der Waals surface area contributed by atoms with Crippen LogP contribution < -0.4 is 5.32 Å². The van der Waals surface area contributed by atoms with Crippen LogP contribution in [0.5, 0.6) is 0 Å². The first kappa shape index (κ1) is 18.4. The summed E-state index contributed by atoms with van der Waals surface area (Å²) in [5.74, 6) is -2.86. The van der Waals surface area contributed by atoms with Crippen molar-refractivity contribution < 1.29 is 13.6 Å². The van der Waals surface area contributed by atoms with Gasteiger partial charge in [-0.25, -0.2) is 8.78 Å². The molecule has 132 valence electrons. The summed E-state index contributed by atoms with van der Waals surface area (Å²) in [5.41, 5.74) is 1.47. The van der Waals surface area contributed by atoms with Gasteiger partial charge in [-0.2, -0.15) is 0 Å². The first-order valence-corrected chi connectivity index (χ1v) is 8.47. The summed E-state index contributed by atoms with van der Waals surface area (Å²) < 4.78 is 26.8. The molecule has 0 aromatic heterocycles. The lowest BCUT2D eigenvalue weighted by Crippen LogP contribution is -2.29. The summed E-state index contributed by atoms with van der Waals surface area (Å²) in [7, 11) is 0. The number of nitrogens with one attached hydrogen (secondary N) is 1. The van der Waals surface area contributed by atoms with E-state index in [9.17, 15) is 13.6 Å². The molecule has 0 bridgehead atoms. The Morgan fingerprint density at radius 2 is 1.42 bits per heavy atom. The first-order chi connectivity index (χ1) is 12.5. The molecule has 0 radical (unpaired) electrons. The number of benzene rings is 3. The minimum Gasteiger partial charge on any atom is -0.341 e. The zero-order chi connectivity index (χ0) is 18.7. The molecule has 1 amide bonds. The number of hydrogen-bond acceptors (Lipinski definition) is 1. The Hall–Kier alpha value is -2.43. The Bertz CT molecular complexity index is 931. The third-order valence-electron chi connectivity index (χ3n) is 3.87. The van der Waals surface area contributed by atoms with E-state index in [4.69, 9.17) is 23.2 Å². The van der Waals surface area contributed by atoms with Crippen molar-refractivity contribution in [3.63, 3.8) is 0 Å². The summed E-state index contributed by atoms with van der Waals surface area (Å²) in [5, 5.41) is 3.22. The summed E-state index contributed by atoms with van der Waals surface area (Å²) in [6, 6.07) is 17.3. The molecule has 1 atom stereocenters. The minimum absolute atomic E-state index is 0.138. The van der Waals surface area contributed by atoms with Gasteiger partial charge in [0.05, 0.1) is 16.6 Å². The fourth-order valence-electron chi connectivity index (χ4n) is 2.57. The Labute approximate surface area is 159 Å². The second-order valence-corrected chi connectivity index (χ2v) is 6.46. The lowest BCUT2D eigenvalue weighted by atomic mass is 9.98. The SMILES string of the molecule is O=C(N[C@@H](c1ccccc1)c1ccc(Cl)cc1)c1cc(F)c(F)cc1Cl. The van der Waals surface area contributed by atoms with Crippen LogP contribution in [0.1, 0.15) is 27.5 Å². The number of carbonyl (C=O) groups is 1. The molecule has 2 nitrogen and oxygen atoms in total. The number of carbonyl (C=O) groups excluding carboxylic acids is 1. The van der Waals surface area contributed by atoms with Crippen molar-refractivity contribution in [1.82, 2.24) is 5.32 Å². The van der Waals surface area contributed by atoms with Crippen LogP contribution in [-0.4, -0.2) is 5.91 Å². The van der Waals surface area contributed by atoms with Crippen molar-refractivity contribution in [3.05, 3.63) is 105 Å². The van der Waals surface area contributed by atoms with Crippen molar-refractivity contribution in [3.8, 4) is 0 Å². The molecule has 0 spiro atoms. The van der Waals surface area contributed by atoms with Gasteiger partial charge in [0.25, 0.3) is 5.91 Å². The van der Waals surface area contributed by atoms with E-state index in [0.717, 1.165) is 23.3 Å². The van der Waals surface area contributed by atoms with Crippen LogP contribution >= 0.6 is 23.2 Å². The molecule has 6 heteroatoms. The van der Waals surface area contributed by atoms with E-state index in [1.165, 1.54) is 0 Å². The van der Waals surface area contributed by atoms with Gasteiger partial charge in [0.1, 0.15) is 0 Å². The van der Waals surface area contributed by atoms with Crippen LogP contribution in [0.25, 0.3) is 0 Å². The van der Waals surface area contributed by atoms with Gasteiger partial charge in [0.15, 0.2) is 11.6 Å². The molecule has 0 saturated carbocycles. The van der Waals surface area contributed by atoms with Crippen LogP contribution in [0.3, 0.4) is 0 Å². The first-order valence-electron chi connectivity index (χ1n) is 7.71. The van der Waals surface area contributed by atoms with Crippen LogP contribution in [0.4, 0.5) is 8.78 Å². The van der Waals surface area contributed by atoms with Gasteiger partial charge in [0, 0.05) is 5.02 Å². The van der Waals surface area contributed by atoms with E-state index in [-0.39, 0.29) is 10.6 Å². The monoisotopic (exact) mass is 391 g/mol. The fourth-order valence-corrected chi connectivity index (χ4v) is 2.93. The number of hydrogen-bond donors (Lipinski definition) is 1. The zero-order valence-corrected chi connectivity index (χ0v) is 14.9. The average molecular weight is 392 g/mol. The van der Waals surface area contributed by atoms with Crippen molar-refractivity contribution in [1.29, 1.82) is 0 Å². The predicted octanol–water partition coefficient (Wildman–Crippen LogP) is 5.79. The highest BCUT2D eigenvalue weighted by Crippen LogP contribution is 2.26. The van der Waals surface area contributed by atoms with Gasteiger partial charge >= 0.3 is 0 Å². The molecule has 0 fully saturated rings. The maximum atomic E-state index is 13.5. The number of halogens is 4. The van der Waals surface area contributed by atoms with Crippen LogP contribution in [0.2, 0.25) is 10.0 Å². The zero-order valence-electron chi connectivity index (χ0n) is 13.3. The van der Waals surface area contributed by atoms with Crippen molar-refractivity contribution in [2.45, 2.75) is 6.04 Å². The van der Waals surface area contributed by atoms with Gasteiger partial charge in [-0.1, -0.05) is 65.7 Å². The summed E-state index contributed by atoms with van der Waals surface area (Å²) >= 11 is 11.8. The molecule has 26 heavy (non-hydrogen) atoms. The van der Waals surface area contributed by atoms with E-state index in [1.807, 2.05) is 30.3 Å². The molecular formula is C20H13Cl2F2NO. The third kappa shape index (κ3) is 4.03. The molecule has 0 aliphatic carbocycles. The normalized spacial score (nSPS) is 11.8. The second kappa shape index (κ2) is 7.85. The molecule has 3 rings (SSSR count). The highest BCUT2D eigenvalue weighted by atomic mass is 35.5. The quantitative estimate of drug-likeness (QED) is 0.560. The summed E-state index contributed by atoms with van der Waals surface area (Å²) in [4.78, 5) is 12.6. The van der Waals surface area contributed by atoms with Gasteiger partial charge in [-0.05, 0) is 35.4 Å². The molecule has 3 aromatic rings. The van der Waals surface area contributed by atoms with Crippen LogP contribution in [0, 0.1) is 11.6 Å². The predicted molar refractivity (Wildman–Crippen MR) is 98.6 cm³/mol. The Morgan fingerprint density at radius 1 is 0.846 bits per heavy atom. The smallest absolute Gasteiger partial charge is 0.253 e. The van der Waals surface area contributed by atoms with Gasteiger partial charge in [0.2, 0.25) is 0 Å². The molecule has 3 aromatic carbocycles. The van der Waals surface area contributed by atoms with Crippen LogP contribution in [-0.2, 0) is 0 Å². The van der Waals surface area contributed by atoms with E-state index < -0.39 is 23.6 Å². The molecule has 0 heterocycles. The molecule has 0 aliphatic heterocycles. The lowest BCUT2D eigenvalue weighted by Gasteiger charge is -2.20. The van der Waals surface area contributed by atoms with Crippen molar-refractivity contribution in [2.24, 2.45) is 0 Å². The van der Waals surface area contributed by atoms with E-state index in [1.54, 1.807) is 24.3 Å². The standard InChI is InChI=1S/C20H13Cl2F2NO/c21-14-8-6-13(7-9-14)19(12-4-2-1-3-5-12)25-20(26)15-10-17(23)18(24)11-16(15)22/h1-11,19H,(H,25,26)/t19-/m0/s1. The van der Waals surface area contributed by atoms with Gasteiger partial charge < -0.3 is 5.32 Å². The van der Waals surface area contributed by atoms with Crippen molar-refractivity contribution in [2.75, 3.05) is 0 Å². The maximum Gasteiger partial charge on any atom is 0.253 e. The lowest BCUT2D eigenvalue weighted by molar-refractivity contribution is 0.0942. The highest BCUT2D eigenvalue weighted by Gasteiger charge is 2.21. The Kier molecular flexibility index (Phi) is 5.55. The summed E-state index contributed by atoms with van der Waals surface area (Å²) in [6.07, 6.45) is 0. The fraction of sp³-hybridized carbons (Fsp3) is 0.0500. The Balaban J connectivity index is 1.97. The Morgan fingerprint density at radius 3 is 2.08 bits per heavy atom. The van der Waals surface area contributed by atoms with Crippen LogP contribution in [0.15, 0.2) is 66.7 Å². The van der Waals surface area contributed by atoms with Gasteiger partial charge in [-0.3, -0.25) is 4.79 Å². The van der Waals surface area contributed by atoms with Gasteiger partial charge in [-0.15, -0.1) is 0 Å². The van der Waals surface area contributed by atoms with E-state index >= 15 is 0 Å². The van der Waals surface area contributed by atoms with E-state index in [2.05, 4.69) is 5.32 Å². The highest BCUT2D eigenvalue weighted by molar-refractivity contribution is 6.33. The number of rotatable bonds is 4. The van der Waals surface area contributed by atoms with Crippen molar-refractivity contribution >= 4 is 29.1 Å². The van der Waals surface area contributed by atoms with E-state index in [0.29, 0.717) is 5.02 Å². The summed E-state index contributed by atoms with van der Waals surface area (Å²) in [6.45, 7) is 0. The molecule has 0 unspecified atom stereocenters. The number of amides is 1. The molecular weight excluding hydrogens is 379 g/mol. The third-order valence-corrected chi connectivity index (χ3v) is 4.43.